The first kappa shape index (κ1) is 40.5. The van der Waals surface area contributed by atoms with E-state index in [1.807, 2.05) is 7.05 Å². The number of likely N-dealkylation sites (N-methyl/N-ethyl adjacent to an activating group) is 1. The van der Waals surface area contributed by atoms with Gasteiger partial charge in [0, 0.05) is 84.7 Å². The number of aromatic nitrogens is 1. The van der Waals surface area contributed by atoms with Crippen LogP contribution in [0.15, 0.2) is 48.6 Å². The number of benzene rings is 2. The van der Waals surface area contributed by atoms with Gasteiger partial charge in [-0.05, 0) is 99.2 Å². The van der Waals surface area contributed by atoms with Crippen molar-refractivity contribution in [3.8, 4) is 0 Å². The molecule has 1 aromatic heterocycles. The molecule has 3 unspecified atom stereocenters. The van der Waals surface area contributed by atoms with Gasteiger partial charge in [-0.1, -0.05) is 50.3 Å². The summed E-state index contributed by atoms with van der Waals surface area (Å²) in [4.78, 5) is 54.5. The maximum absolute atomic E-state index is 14.3. The molecule has 0 radical (unpaired) electrons. The van der Waals surface area contributed by atoms with Gasteiger partial charge >= 0.3 is 18.1 Å². The number of aromatic amines is 1. The highest BCUT2D eigenvalue weighted by atomic mass is 16.6. The molecule has 6 heterocycles. The third kappa shape index (κ3) is 5.48. The topological polar surface area (TPSA) is 153 Å². The quantitative estimate of drug-likeness (QED) is 0.247. The number of para-hydroxylation sites is 1. The predicted molar refractivity (Wildman–Crippen MR) is 217 cm³/mol. The second-order valence-electron chi connectivity index (χ2n) is 18.3. The lowest BCUT2D eigenvalue weighted by Crippen LogP contribution is -2.81. The maximum atomic E-state index is 14.3. The summed E-state index contributed by atoms with van der Waals surface area (Å²) >= 11 is 0. The first-order chi connectivity index (χ1) is 27.6. The Kier molecular flexibility index (Phi) is 9.88. The van der Waals surface area contributed by atoms with Crippen LogP contribution in [0.25, 0.3) is 10.9 Å². The zero-order valence-corrected chi connectivity index (χ0v) is 34.9. The molecule has 58 heavy (non-hydrogen) atoms. The highest BCUT2D eigenvalue weighted by molar-refractivity contribution is 5.88. The summed E-state index contributed by atoms with van der Waals surface area (Å²) in [5, 5.41) is 26.4. The van der Waals surface area contributed by atoms with E-state index < -0.39 is 51.5 Å². The van der Waals surface area contributed by atoms with Crippen molar-refractivity contribution in [2.75, 3.05) is 51.8 Å². The number of carbonyl (C=O) groups is 2. The molecule has 5 aliphatic heterocycles. The van der Waals surface area contributed by atoms with E-state index in [1.165, 1.54) is 36.2 Å². The molecule has 3 aromatic rings. The van der Waals surface area contributed by atoms with Crippen molar-refractivity contribution < 1.29 is 38.9 Å². The van der Waals surface area contributed by atoms with Gasteiger partial charge in [0.2, 0.25) is 5.60 Å². The zero-order valence-electron chi connectivity index (χ0n) is 34.9. The SMILES string of the molecule is CC[C@]1(O)C[C@@H]2CN(CCc3c([nH]c4ccccc34)[C@@](C)(c3cc4c(cc3C)N(C)C3[C@]45CCN4CC=C[C@](CC)(C45)[C@@H](OC(C)=O)[C@]3(O)C(=O)OC)C2)C1.O=C=O. The molecule has 6 aliphatic rings. The molecule has 10 atom stereocenters. The van der Waals surface area contributed by atoms with E-state index in [4.69, 9.17) is 19.1 Å². The summed E-state index contributed by atoms with van der Waals surface area (Å²) in [5.41, 5.74) is 3.36. The molecule has 1 aliphatic carbocycles. The van der Waals surface area contributed by atoms with Crippen molar-refractivity contribution in [2.24, 2.45) is 11.3 Å². The summed E-state index contributed by atoms with van der Waals surface area (Å²) < 4.78 is 11.7. The number of aryl methyl sites for hydroxylation is 1. The minimum atomic E-state index is -2.16. The van der Waals surface area contributed by atoms with Gasteiger partial charge in [0.15, 0.2) is 6.10 Å². The van der Waals surface area contributed by atoms with Gasteiger partial charge in [-0.2, -0.15) is 9.59 Å². The fraction of sp³-hybridized carbons (Fsp3) is 0.587. The molecule has 3 fully saturated rings. The van der Waals surface area contributed by atoms with E-state index in [2.05, 4.69) is 95.9 Å². The summed E-state index contributed by atoms with van der Waals surface area (Å²) in [6, 6.07) is 12.5. The first-order valence-electron chi connectivity index (χ1n) is 20.9. The van der Waals surface area contributed by atoms with Crippen LogP contribution in [0.4, 0.5) is 5.69 Å². The predicted octanol–water partition coefficient (Wildman–Crippen LogP) is 4.55. The van der Waals surface area contributed by atoms with E-state index in [0.717, 1.165) is 80.6 Å². The highest BCUT2D eigenvalue weighted by Crippen LogP contribution is 2.68. The molecule has 2 bridgehead atoms. The summed E-state index contributed by atoms with van der Waals surface area (Å²) in [7, 11) is 3.29. The van der Waals surface area contributed by atoms with Gasteiger partial charge in [0.25, 0.3) is 0 Å². The summed E-state index contributed by atoms with van der Waals surface area (Å²) in [6.07, 6.45) is 7.86. The van der Waals surface area contributed by atoms with Crippen LogP contribution in [-0.4, -0.2) is 119 Å². The van der Waals surface area contributed by atoms with Crippen LogP contribution in [0.5, 0.6) is 0 Å². The van der Waals surface area contributed by atoms with Crippen LogP contribution in [0.2, 0.25) is 0 Å². The third-order valence-electron chi connectivity index (χ3n) is 15.5. The van der Waals surface area contributed by atoms with Crippen molar-refractivity contribution in [3.05, 3.63) is 76.5 Å². The Bertz CT molecular complexity index is 2210. The van der Waals surface area contributed by atoms with Crippen LogP contribution in [0.1, 0.15) is 87.7 Å². The third-order valence-corrected chi connectivity index (χ3v) is 15.5. The van der Waals surface area contributed by atoms with Gasteiger partial charge < -0.3 is 29.6 Å². The lowest BCUT2D eigenvalue weighted by Gasteiger charge is -2.63. The first-order valence-corrected chi connectivity index (χ1v) is 20.9. The van der Waals surface area contributed by atoms with Gasteiger partial charge in [-0.25, -0.2) is 4.79 Å². The lowest BCUT2D eigenvalue weighted by molar-refractivity contribution is -0.228. The Morgan fingerprint density at radius 3 is 2.47 bits per heavy atom. The normalized spacial score (nSPS) is 37.1. The molecule has 1 saturated carbocycles. The second kappa shape index (κ2) is 14.2. The number of rotatable bonds is 5. The molecule has 2 saturated heterocycles. The van der Waals surface area contributed by atoms with Crippen molar-refractivity contribution >= 4 is 34.7 Å². The van der Waals surface area contributed by atoms with Crippen LogP contribution < -0.4 is 4.90 Å². The summed E-state index contributed by atoms with van der Waals surface area (Å²) in [5.74, 6) is -1.05. The van der Waals surface area contributed by atoms with Crippen LogP contribution in [-0.2, 0) is 45.9 Å². The second-order valence-corrected chi connectivity index (χ2v) is 18.3. The number of aliphatic hydroxyl groups is 2. The van der Waals surface area contributed by atoms with E-state index >= 15 is 0 Å². The van der Waals surface area contributed by atoms with Crippen molar-refractivity contribution in [3.63, 3.8) is 0 Å². The molecular weight excluding hydrogens is 737 g/mol. The largest absolute Gasteiger partial charge is 0.467 e. The minimum Gasteiger partial charge on any atom is -0.467 e. The van der Waals surface area contributed by atoms with Gasteiger partial charge in [-0.3, -0.25) is 14.6 Å². The lowest BCUT2D eigenvalue weighted by atomic mass is 9.47. The molecule has 12 heteroatoms. The van der Waals surface area contributed by atoms with E-state index in [1.54, 1.807) is 0 Å². The highest BCUT2D eigenvalue weighted by Gasteiger charge is 2.80. The number of H-pyrrole nitrogens is 1. The Balaban J connectivity index is 0.00000152. The summed E-state index contributed by atoms with van der Waals surface area (Å²) in [6.45, 7) is 14.2. The van der Waals surface area contributed by atoms with Gasteiger partial charge in [0.1, 0.15) is 0 Å². The van der Waals surface area contributed by atoms with E-state index in [9.17, 15) is 19.8 Å². The van der Waals surface area contributed by atoms with Crippen LogP contribution in [0, 0.1) is 18.3 Å². The molecule has 12 nitrogen and oxygen atoms in total. The minimum absolute atomic E-state index is 0.142. The average molecular weight is 795 g/mol. The number of hydrogen-bond donors (Lipinski definition) is 3. The van der Waals surface area contributed by atoms with Gasteiger partial charge in [-0.15, -0.1) is 0 Å². The average Bonchev–Trinajstić information content (AvgIpc) is 3.85. The van der Waals surface area contributed by atoms with E-state index in [0.29, 0.717) is 13.0 Å². The molecule has 3 N–H and O–H groups in total. The zero-order chi connectivity index (χ0) is 41.6. The molecule has 310 valence electrons. The smallest absolute Gasteiger partial charge is 0.373 e. The molecular formula is C46H58N4O8. The molecule has 2 aromatic carbocycles. The number of carbonyl (C=O) groups excluding carboxylic acids is 4. The molecule has 1 spiro atoms. The maximum Gasteiger partial charge on any atom is 0.373 e. The number of anilines is 1. The number of nitrogens with one attached hydrogen (secondary N) is 1. The number of fused-ring (bicyclic) bond motifs is 6. The van der Waals surface area contributed by atoms with Gasteiger partial charge in [0.05, 0.1) is 18.8 Å². The van der Waals surface area contributed by atoms with Crippen molar-refractivity contribution in [1.29, 1.82) is 0 Å². The number of piperidine rings is 1. The number of methoxy groups -OCH3 is 1. The monoisotopic (exact) mass is 794 g/mol. The Morgan fingerprint density at radius 1 is 1.03 bits per heavy atom. The molecule has 9 rings (SSSR count). The van der Waals surface area contributed by atoms with E-state index in [-0.39, 0.29) is 18.1 Å². The standard InChI is InChI=1S/C45H58N4O6.CO2/c1-8-42(52)24-29-23-41(5,36-31(15-19-48(25-29)26-42)30-13-10-11-14-34(30)46-36)32-22-33-35(21-27(32)3)47(6)38-44(33)17-20-49-18-12-16-43(9-2,37(44)49)39(55-28(4)50)45(38,53)40(51)54-7;2-1-3/h10-14,16,21-22,29,37-39,46,52-53H,8-9,15,17-20,23-26H2,1-7H3;/t29-,37?,38?,39-,41-,42+,43-,44-,45+;/m1./s1. The Hall–Kier alpha value is -4.32. The van der Waals surface area contributed by atoms with Crippen molar-refractivity contribution in [1.82, 2.24) is 14.8 Å². The fourth-order valence-corrected chi connectivity index (χ4v) is 13.5. The number of nitrogens with zero attached hydrogens (tertiary/aromatic N) is 3. The number of hydrogen-bond acceptors (Lipinski definition) is 11. The fourth-order valence-electron chi connectivity index (χ4n) is 13.5. The Labute approximate surface area is 340 Å². The number of ether oxygens (including phenoxy) is 2. The Morgan fingerprint density at radius 2 is 1.78 bits per heavy atom. The van der Waals surface area contributed by atoms with Crippen LogP contribution in [0.3, 0.4) is 0 Å². The van der Waals surface area contributed by atoms with Crippen molar-refractivity contribution in [2.45, 2.75) is 113 Å². The molecule has 0 amide bonds. The number of esters is 2. The van der Waals surface area contributed by atoms with Crippen LogP contribution >= 0.6 is 0 Å².